The van der Waals surface area contributed by atoms with Crippen LogP contribution < -0.4 is 15.4 Å². The van der Waals surface area contributed by atoms with Crippen LogP contribution in [0.5, 0.6) is 5.75 Å². The van der Waals surface area contributed by atoms with Crippen LogP contribution in [-0.4, -0.2) is 18.4 Å². The first-order chi connectivity index (χ1) is 14.6. The van der Waals surface area contributed by atoms with Crippen LogP contribution in [0.1, 0.15) is 17.2 Å². The molecule has 0 radical (unpaired) electrons. The number of para-hydroxylation sites is 1. The Morgan fingerprint density at radius 2 is 1.67 bits per heavy atom. The second kappa shape index (κ2) is 9.01. The molecule has 0 saturated heterocycles. The van der Waals surface area contributed by atoms with Crippen LogP contribution in [-0.2, 0) is 16.0 Å². The maximum absolute atomic E-state index is 13.0. The van der Waals surface area contributed by atoms with Gasteiger partial charge in [-0.15, -0.1) is 0 Å². The largest absolute Gasteiger partial charge is 0.492 e. The Bertz CT molecular complexity index is 1040. The molecule has 0 aromatic heterocycles. The van der Waals surface area contributed by atoms with Gasteiger partial charge in [0, 0.05) is 10.7 Å². The zero-order valence-corrected chi connectivity index (χ0v) is 16.9. The molecule has 2 amide bonds. The van der Waals surface area contributed by atoms with Crippen LogP contribution in [0.15, 0.2) is 78.9 Å². The monoisotopic (exact) mass is 420 g/mol. The van der Waals surface area contributed by atoms with E-state index >= 15 is 0 Å². The Morgan fingerprint density at radius 1 is 0.967 bits per heavy atom. The smallest absolute Gasteiger partial charge is 0.251 e. The highest BCUT2D eigenvalue weighted by molar-refractivity contribution is 6.30. The highest BCUT2D eigenvalue weighted by Gasteiger charge is 2.30. The summed E-state index contributed by atoms with van der Waals surface area (Å²) in [6.45, 7) is 0.252. The lowest BCUT2D eigenvalue weighted by Gasteiger charge is -2.27. The number of benzene rings is 3. The Balaban J connectivity index is 1.51. The Kier molecular flexibility index (Phi) is 6.00. The maximum atomic E-state index is 13.0. The lowest BCUT2D eigenvalue weighted by atomic mass is 9.95. The van der Waals surface area contributed by atoms with E-state index < -0.39 is 12.0 Å². The fourth-order valence-corrected chi connectivity index (χ4v) is 3.67. The van der Waals surface area contributed by atoms with Crippen molar-refractivity contribution in [3.63, 3.8) is 0 Å². The van der Waals surface area contributed by atoms with E-state index in [0.29, 0.717) is 22.7 Å². The average Bonchev–Trinajstić information content (AvgIpc) is 2.78. The molecule has 3 aromatic carbocycles. The highest BCUT2D eigenvalue weighted by Crippen LogP contribution is 2.30. The number of carbonyl (C=O) groups is 2. The molecule has 1 heterocycles. The second-order valence-corrected chi connectivity index (χ2v) is 7.61. The van der Waals surface area contributed by atoms with E-state index in [9.17, 15) is 9.59 Å². The predicted molar refractivity (Wildman–Crippen MR) is 117 cm³/mol. The fourth-order valence-electron chi connectivity index (χ4n) is 3.47. The van der Waals surface area contributed by atoms with E-state index in [4.69, 9.17) is 16.3 Å². The topological polar surface area (TPSA) is 67.4 Å². The first-order valence-electron chi connectivity index (χ1n) is 9.72. The fraction of sp³-hybridized carbons (Fsp3) is 0.167. The van der Waals surface area contributed by atoms with Gasteiger partial charge in [-0.3, -0.25) is 9.59 Å². The van der Waals surface area contributed by atoms with E-state index in [0.717, 1.165) is 11.3 Å². The van der Waals surface area contributed by atoms with Crippen molar-refractivity contribution in [1.29, 1.82) is 0 Å². The summed E-state index contributed by atoms with van der Waals surface area (Å²) in [4.78, 5) is 26.0. The normalized spacial score (nSPS) is 16.0. The average molecular weight is 421 g/mol. The number of anilines is 1. The minimum absolute atomic E-state index is 0.238. The van der Waals surface area contributed by atoms with Crippen LogP contribution >= 0.6 is 11.6 Å². The van der Waals surface area contributed by atoms with Gasteiger partial charge < -0.3 is 15.4 Å². The van der Waals surface area contributed by atoms with E-state index in [1.807, 2.05) is 60.7 Å². The van der Waals surface area contributed by atoms with Crippen LogP contribution in [0, 0.1) is 5.92 Å². The van der Waals surface area contributed by atoms with Crippen molar-refractivity contribution in [2.24, 2.45) is 5.92 Å². The van der Waals surface area contributed by atoms with Crippen molar-refractivity contribution in [3.05, 3.63) is 95.0 Å². The number of rotatable bonds is 5. The molecule has 1 aliphatic rings. The van der Waals surface area contributed by atoms with Crippen molar-refractivity contribution >= 4 is 29.1 Å². The number of halogens is 1. The summed E-state index contributed by atoms with van der Waals surface area (Å²) in [5.74, 6) is -0.213. The number of nitrogens with one attached hydrogen (secondary N) is 2. The van der Waals surface area contributed by atoms with Crippen molar-refractivity contribution in [3.8, 4) is 5.75 Å². The van der Waals surface area contributed by atoms with Crippen molar-refractivity contribution in [2.45, 2.75) is 12.5 Å². The van der Waals surface area contributed by atoms with Gasteiger partial charge in [0.25, 0.3) is 5.91 Å². The van der Waals surface area contributed by atoms with E-state index in [2.05, 4.69) is 10.6 Å². The molecule has 2 unspecified atom stereocenters. The summed E-state index contributed by atoms with van der Waals surface area (Å²) < 4.78 is 5.74. The van der Waals surface area contributed by atoms with Gasteiger partial charge in [-0.2, -0.15) is 0 Å². The summed E-state index contributed by atoms with van der Waals surface area (Å²) in [6, 6.07) is 22.9. The number of hydrogen-bond donors (Lipinski definition) is 2. The van der Waals surface area contributed by atoms with E-state index in [1.165, 1.54) is 0 Å². The first-order valence-corrected chi connectivity index (χ1v) is 10.1. The molecule has 3 aromatic rings. The molecule has 1 aliphatic heterocycles. The van der Waals surface area contributed by atoms with E-state index in [-0.39, 0.29) is 18.4 Å². The van der Waals surface area contributed by atoms with Gasteiger partial charge in [0.05, 0.1) is 5.92 Å². The minimum atomic E-state index is -0.820. The third-order valence-electron chi connectivity index (χ3n) is 5.02. The lowest BCUT2D eigenvalue weighted by Crippen LogP contribution is -2.43. The molecular formula is C24H21ClN2O3. The minimum Gasteiger partial charge on any atom is -0.492 e. The van der Waals surface area contributed by atoms with Gasteiger partial charge in [0.15, 0.2) is 0 Å². The van der Waals surface area contributed by atoms with Gasteiger partial charge in [0.2, 0.25) is 5.91 Å². The lowest BCUT2D eigenvalue weighted by molar-refractivity contribution is -0.130. The third-order valence-corrected chi connectivity index (χ3v) is 5.26. The molecule has 2 N–H and O–H groups in total. The van der Waals surface area contributed by atoms with Crippen molar-refractivity contribution in [2.75, 3.05) is 11.9 Å². The molecule has 5 nitrogen and oxygen atoms in total. The Morgan fingerprint density at radius 3 is 2.40 bits per heavy atom. The molecular weight excluding hydrogens is 400 g/mol. The van der Waals surface area contributed by atoms with Gasteiger partial charge in [-0.05, 0) is 47.9 Å². The predicted octanol–water partition coefficient (Wildman–Crippen LogP) is 4.39. The molecule has 2 atom stereocenters. The van der Waals surface area contributed by atoms with Crippen LogP contribution in [0.2, 0.25) is 5.02 Å². The zero-order valence-electron chi connectivity index (χ0n) is 16.2. The molecule has 0 saturated carbocycles. The van der Waals surface area contributed by atoms with Gasteiger partial charge in [-0.1, -0.05) is 60.1 Å². The summed E-state index contributed by atoms with van der Waals surface area (Å²) in [7, 11) is 0. The van der Waals surface area contributed by atoms with Gasteiger partial charge in [0.1, 0.15) is 18.4 Å². The number of ether oxygens (including phenoxy) is 1. The zero-order chi connectivity index (χ0) is 20.9. The van der Waals surface area contributed by atoms with Crippen molar-refractivity contribution in [1.82, 2.24) is 5.32 Å². The van der Waals surface area contributed by atoms with E-state index in [1.54, 1.807) is 18.2 Å². The van der Waals surface area contributed by atoms with Crippen molar-refractivity contribution < 1.29 is 14.3 Å². The number of fused-ring (bicyclic) bond motifs is 1. The first kappa shape index (κ1) is 20.0. The number of hydrogen-bond acceptors (Lipinski definition) is 3. The molecule has 0 aliphatic carbocycles. The Hall–Kier alpha value is -3.31. The third kappa shape index (κ3) is 4.63. The summed E-state index contributed by atoms with van der Waals surface area (Å²) >= 11 is 6.08. The van der Waals surface area contributed by atoms with Gasteiger partial charge >= 0.3 is 0 Å². The highest BCUT2D eigenvalue weighted by atomic mass is 35.5. The maximum Gasteiger partial charge on any atom is 0.251 e. The SMILES string of the molecule is O=C(NC(C(=O)Nc1ccccc1)c1ccccc1)C1COc2ccc(Cl)cc2C1. The molecule has 6 heteroatoms. The quantitative estimate of drug-likeness (QED) is 0.643. The second-order valence-electron chi connectivity index (χ2n) is 7.17. The summed E-state index contributed by atoms with van der Waals surface area (Å²) in [5, 5.41) is 6.37. The summed E-state index contributed by atoms with van der Waals surface area (Å²) in [5.41, 5.74) is 2.26. The molecule has 0 bridgehead atoms. The standard InChI is InChI=1S/C24H21ClN2O3/c25-19-11-12-21-17(14-19)13-18(15-30-21)23(28)27-22(16-7-3-1-4-8-16)24(29)26-20-9-5-2-6-10-20/h1-12,14,18,22H,13,15H2,(H,26,29)(H,27,28). The van der Waals surface area contributed by atoms with Crippen LogP contribution in [0.4, 0.5) is 5.69 Å². The Labute approximate surface area is 180 Å². The molecule has 152 valence electrons. The molecule has 0 fully saturated rings. The molecule has 4 rings (SSSR count). The number of amides is 2. The van der Waals surface area contributed by atoms with Crippen LogP contribution in [0.25, 0.3) is 0 Å². The molecule has 30 heavy (non-hydrogen) atoms. The number of carbonyl (C=O) groups excluding carboxylic acids is 2. The molecule has 0 spiro atoms. The van der Waals surface area contributed by atoms with Gasteiger partial charge in [-0.25, -0.2) is 0 Å². The summed E-state index contributed by atoms with van der Waals surface area (Å²) in [6.07, 6.45) is 0.504. The van der Waals surface area contributed by atoms with Crippen LogP contribution in [0.3, 0.4) is 0 Å².